The molecular weight excluding hydrogens is 387 g/mol. The van der Waals surface area contributed by atoms with Crippen molar-refractivity contribution in [3.05, 3.63) is 58.1 Å². The monoisotopic (exact) mass is 408 g/mol. The number of aryl methyl sites for hydroxylation is 1. The van der Waals surface area contributed by atoms with E-state index in [9.17, 15) is 4.79 Å². The first-order chi connectivity index (χ1) is 12.4. The highest BCUT2D eigenvalue weighted by molar-refractivity contribution is 8.00. The van der Waals surface area contributed by atoms with Crippen molar-refractivity contribution in [2.24, 2.45) is 0 Å². The van der Waals surface area contributed by atoms with Crippen LogP contribution in [0.2, 0.25) is 10.0 Å². The quantitative estimate of drug-likeness (QED) is 0.654. The Hall–Kier alpha value is -1.36. The van der Waals surface area contributed by atoms with Crippen molar-refractivity contribution in [2.75, 3.05) is 31.1 Å². The minimum absolute atomic E-state index is 0.115. The van der Waals surface area contributed by atoms with Crippen LogP contribution >= 0.6 is 35.0 Å². The highest BCUT2D eigenvalue weighted by Crippen LogP contribution is 2.28. The number of carbonyl (C=O) groups excluding carboxylic acids is 1. The Morgan fingerprint density at radius 1 is 1.00 bits per heavy atom. The molecule has 3 nitrogen and oxygen atoms in total. The van der Waals surface area contributed by atoms with Crippen LogP contribution < -0.4 is 4.90 Å². The molecular formula is C20H22Cl2N2OS. The molecule has 138 valence electrons. The second-order valence-corrected chi connectivity index (χ2v) is 8.74. The lowest BCUT2D eigenvalue weighted by atomic mass is 10.1. The van der Waals surface area contributed by atoms with E-state index < -0.39 is 0 Å². The summed E-state index contributed by atoms with van der Waals surface area (Å²) in [5.74, 6) is 0.187. The van der Waals surface area contributed by atoms with Gasteiger partial charge in [-0.1, -0.05) is 29.3 Å². The van der Waals surface area contributed by atoms with E-state index in [4.69, 9.17) is 23.2 Å². The lowest BCUT2D eigenvalue weighted by Gasteiger charge is -2.37. The third-order valence-electron chi connectivity index (χ3n) is 4.58. The van der Waals surface area contributed by atoms with E-state index in [1.54, 1.807) is 11.8 Å². The molecule has 1 fully saturated rings. The average molecular weight is 409 g/mol. The van der Waals surface area contributed by atoms with Crippen LogP contribution in [0.4, 0.5) is 5.69 Å². The van der Waals surface area contributed by atoms with E-state index in [1.807, 2.05) is 54.3 Å². The molecule has 1 amide bonds. The van der Waals surface area contributed by atoms with Crippen LogP contribution in [0.5, 0.6) is 0 Å². The number of hydrogen-bond donors (Lipinski definition) is 0. The summed E-state index contributed by atoms with van der Waals surface area (Å²) in [7, 11) is 0. The SMILES string of the molecule is Cc1ccc(Cl)cc1N1CCN(C(=O)[C@@H](C)Sc2ccc(Cl)cc2)CC1. The standard InChI is InChI=1S/C20H22Cl2N2OS/c1-14-3-4-17(22)13-19(14)23-9-11-24(12-10-23)20(25)15(2)26-18-7-5-16(21)6-8-18/h3-8,13,15H,9-12H2,1-2H3/t15-/m1/s1. The summed E-state index contributed by atoms with van der Waals surface area (Å²) in [4.78, 5) is 18.1. The van der Waals surface area contributed by atoms with Crippen molar-refractivity contribution < 1.29 is 4.79 Å². The highest BCUT2D eigenvalue weighted by atomic mass is 35.5. The van der Waals surface area contributed by atoms with Crippen LogP contribution in [0, 0.1) is 6.92 Å². The van der Waals surface area contributed by atoms with Crippen LogP contribution in [-0.4, -0.2) is 42.2 Å². The molecule has 0 radical (unpaired) electrons. The number of hydrogen-bond acceptors (Lipinski definition) is 3. The molecule has 1 aliphatic rings. The van der Waals surface area contributed by atoms with Crippen LogP contribution in [0.25, 0.3) is 0 Å². The smallest absolute Gasteiger partial charge is 0.235 e. The molecule has 2 aromatic carbocycles. The summed E-state index contributed by atoms with van der Waals surface area (Å²) < 4.78 is 0. The van der Waals surface area contributed by atoms with Crippen LogP contribution in [0.3, 0.4) is 0 Å². The number of anilines is 1. The zero-order valence-corrected chi connectivity index (χ0v) is 17.2. The minimum atomic E-state index is -0.115. The lowest BCUT2D eigenvalue weighted by Crippen LogP contribution is -2.50. The summed E-state index contributed by atoms with van der Waals surface area (Å²) in [5, 5.41) is 1.34. The maximum atomic E-state index is 12.8. The number of halogens is 2. The lowest BCUT2D eigenvalue weighted by molar-refractivity contribution is -0.130. The van der Waals surface area contributed by atoms with E-state index in [0.717, 1.165) is 41.8 Å². The molecule has 0 N–H and O–H groups in total. The highest BCUT2D eigenvalue weighted by Gasteiger charge is 2.26. The molecule has 0 bridgehead atoms. The van der Waals surface area contributed by atoms with Gasteiger partial charge >= 0.3 is 0 Å². The Bertz CT molecular complexity index is 774. The van der Waals surface area contributed by atoms with E-state index in [0.29, 0.717) is 5.02 Å². The van der Waals surface area contributed by atoms with Crippen LogP contribution in [-0.2, 0) is 4.79 Å². The van der Waals surface area contributed by atoms with Crippen molar-refractivity contribution in [3.63, 3.8) is 0 Å². The normalized spacial score (nSPS) is 15.8. The molecule has 1 heterocycles. The van der Waals surface area contributed by atoms with Crippen molar-refractivity contribution in [2.45, 2.75) is 24.0 Å². The third kappa shape index (κ3) is 4.67. The third-order valence-corrected chi connectivity index (χ3v) is 6.16. The second kappa shape index (κ2) is 8.55. The number of carbonyl (C=O) groups is 1. The number of piperazine rings is 1. The van der Waals surface area contributed by atoms with Gasteiger partial charge in [0.25, 0.3) is 0 Å². The molecule has 0 spiro atoms. The summed E-state index contributed by atoms with van der Waals surface area (Å²) in [6, 6.07) is 13.6. The van der Waals surface area contributed by atoms with Gasteiger partial charge in [-0.25, -0.2) is 0 Å². The van der Waals surface area contributed by atoms with Crippen molar-refractivity contribution in [3.8, 4) is 0 Å². The van der Waals surface area contributed by atoms with E-state index in [1.165, 1.54) is 5.56 Å². The second-order valence-electron chi connectivity index (χ2n) is 6.46. The molecule has 0 unspecified atom stereocenters. The molecule has 26 heavy (non-hydrogen) atoms. The first-order valence-electron chi connectivity index (χ1n) is 8.66. The fraction of sp³-hybridized carbons (Fsp3) is 0.350. The Kier molecular flexibility index (Phi) is 6.38. The topological polar surface area (TPSA) is 23.6 Å². The number of benzene rings is 2. The number of rotatable bonds is 4. The largest absolute Gasteiger partial charge is 0.368 e. The Morgan fingerprint density at radius 2 is 1.62 bits per heavy atom. The fourth-order valence-corrected chi connectivity index (χ4v) is 4.36. The maximum absolute atomic E-state index is 12.8. The summed E-state index contributed by atoms with van der Waals surface area (Å²) in [6.07, 6.45) is 0. The van der Waals surface area contributed by atoms with Gasteiger partial charge in [-0.15, -0.1) is 11.8 Å². The van der Waals surface area contributed by atoms with Gasteiger partial charge in [0.05, 0.1) is 5.25 Å². The molecule has 1 atom stereocenters. The predicted octanol–water partition coefficient (Wildman–Crippen LogP) is 5.13. The predicted molar refractivity (Wildman–Crippen MR) is 112 cm³/mol. The Balaban J connectivity index is 1.57. The molecule has 6 heteroatoms. The van der Waals surface area contributed by atoms with Crippen molar-refractivity contribution in [1.29, 1.82) is 0 Å². The van der Waals surface area contributed by atoms with E-state index >= 15 is 0 Å². The zero-order valence-electron chi connectivity index (χ0n) is 14.9. The van der Waals surface area contributed by atoms with Gasteiger partial charge in [-0.05, 0) is 55.8 Å². The van der Waals surface area contributed by atoms with E-state index in [2.05, 4.69) is 11.8 Å². The molecule has 1 aliphatic heterocycles. The molecule has 2 aromatic rings. The molecule has 3 rings (SSSR count). The van der Waals surface area contributed by atoms with Crippen LogP contribution in [0.15, 0.2) is 47.4 Å². The molecule has 0 saturated carbocycles. The van der Waals surface area contributed by atoms with Gasteiger partial charge in [-0.2, -0.15) is 0 Å². The molecule has 0 aromatic heterocycles. The first kappa shape index (κ1) is 19.4. The summed E-state index contributed by atoms with van der Waals surface area (Å²) >= 11 is 13.6. The average Bonchev–Trinajstić information content (AvgIpc) is 2.65. The molecule has 0 aliphatic carbocycles. The fourth-order valence-electron chi connectivity index (χ4n) is 3.12. The van der Waals surface area contributed by atoms with Crippen molar-refractivity contribution in [1.82, 2.24) is 4.90 Å². The van der Waals surface area contributed by atoms with Gasteiger partial charge in [0.15, 0.2) is 0 Å². The number of amides is 1. The van der Waals surface area contributed by atoms with Gasteiger partial charge in [0.2, 0.25) is 5.91 Å². The summed E-state index contributed by atoms with van der Waals surface area (Å²) in [5.41, 5.74) is 2.37. The number of thioether (sulfide) groups is 1. The van der Waals surface area contributed by atoms with Gasteiger partial charge in [-0.3, -0.25) is 4.79 Å². The number of nitrogens with zero attached hydrogens (tertiary/aromatic N) is 2. The summed E-state index contributed by atoms with van der Waals surface area (Å²) in [6.45, 7) is 7.17. The van der Waals surface area contributed by atoms with Crippen molar-refractivity contribution >= 4 is 46.6 Å². The first-order valence-corrected chi connectivity index (χ1v) is 10.3. The van der Waals surface area contributed by atoms with Crippen LogP contribution in [0.1, 0.15) is 12.5 Å². The minimum Gasteiger partial charge on any atom is -0.368 e. The van der Waals surface area contributed by atoms with Gasteiger partial charge < -0.3 is 9.80 Å². The zero-order chi connectivity index (χ0) is 18.7. The molecule has 1 saturated heterocycles. The van der Waals surface area contributed by atoms with E-state index in [-0.39, 0.29) is 11.2 Å². The van der Waals surface area contributed by atoms with Gasteiger partial charge in [0, 0.05) is 46.8 Å². The Morgan fingerprint density at radius 3 is 2.27 bits per heavy atom. The Labute approximate surface area is 169 Å². The maximum Gasteiger partial charge on any atom is 0.235 e. The van der Waals surface area contributed by atoms with Gasteiger partial charge in [0.1, 0.15) is 0 Å².